The first-order valence-corrected chi connectivity index (χ1v) is 6.15. The quantitative estimate of drug-likeness (QED) is 0.794. The summed E-state index contributed by atoms with van der Waals surface area (Å²) in [5.41, 5.74) is 0.263. The summed E-state index contributed by atoms with van der Waals surface area (Å²) in [5, 5.41) is 12.7. The molecular weight excluding hydrogens is 238 g/mol. The topological polar surface area (TPSA) is 49.3 Å². The highest BCUT2D eigenvalue weighted by molar-refractivity contribution is 6.30. The molecule has 17 heavy (non-hydrogen) atoms. The Kier molecular flexibility index (Phi) is 5.29. The number of hydrogen-bond donors (Lipinski definition) is 2. The van der Waals surface area contributed by atoms with Gasteiger partial charge in [0.1, 0.15) is 5.75 Å². The molecule has 3 nitrogen and oxygen atoms in total. The van der Waals surface area contributed by atoms with E-state index in [9.17, 15) is 9.90 Å². The van der Waals surface area contributed by atoms with E-state index in [-0.39, 0.29) is 17.2 Å². The molecule has 94 valence electrons. The van der Waals surface area contributed by atoms with Crippen molar-refractivity contribution in [2.24, 2.45) is 5.92 Å². The summed E-state index contributed by atoms with van der Waals surface area (Å²) in [5.74, 6) is 0.289. The van der Waals surface area contributed by atoms with Gasteiger partial charge in [0.15, 0.2) is 0 Å². The minimum Gasteiger partial charge on any atom is -0.507 e. The van der Waals surface area contributed by atoms with E-state index in [0.29, 0.717) is 17.5 Å². The van der Waals surface area contributed by atoms with Crippen molar-refractivity contribution in [1.82, 2.24) is 5.32 Å². The molecule has 0 saturated carbocycles. The van der Waals surface area contributed by atoms with E-state index in [2.05, 4.69) is 19.2 Å². The smallest absolute Gasteiger partial charge is 0.255 e. The van der Waals surface area contributed by atoms with Crippen molar-refractivity contribution in [3.8, 4) is 5.75 Å². The van der Waals surface area contributed by atoms with Crippen LogP contribution >= 0.6 is 11.6 Å². The SMILES string of the molecule is CC(C)CCCNC(=O)c1ccc(Cl)cc1O. The Balaban J connectivity index is 2.47. The van der Waals surface area contributed by atoms with Crippen LogP contribution in [-0.2, 0) is 0 Å². The number of hydrogen-bond acceptors (Lipinski definition) is 2. The van der Waals surface area contributed by atoms with Gasteiger partial charge in [-0.25, -0.2) is 0 Å². The fraction of sp³-hybridized carbons (Fsp3) is 0.462. The minimum atomic E-state index is -0.261. The molecule has 0 atom stereocenters. The van der Waals surface area contributed by atoms with E-state index in [1.54, 1.807) is 6.07 Å². The fourth-order valence-electron chi connectivity index (χ4n) is 1.50. The Morgan fingerprint density at radius 1 is 1.47 bits per heavy atom. The second kappa shape index (κ2) is 6.50. The zero-order valence-corrected chi connectivity index (χ0v) is 10.9. The van der Waals surface area contributed by atoms with Gasteiger partial charge < -0.3 is 10.4 Å². The second-order valence-electron chi connectivity index (χ2n) is 4.45. The van der Waals surface area contributed by atoms with Crippen LogP contribution < -0.4 is 5.32 Å². The molecule has 0 heterocycles. The molecule has 0 saturated heterocycles. The molecule has 0 fully saturated rings. The van der Waals surface area contributed by atoms with Crippen LogP contribution in [0.3, 0.4) is 0 Å². The van der Waals surface area contributed by atoms with Gasteiger partial charge in [-0.05, 0) is 37.0 Å². The third kappa shape index (κ3) is 4.65. The van der Waals surface area contributed by atoms with Gasteiger partial charge >= 0.3 is 0 Å². The average Bonchev–Trinajstić information content (AvgIpc) is 2.23. The van der Waals surface area contributed by atoms with Crippen molar-refractivity contribution in [3.05, 3.63) is 28.8 Å². The monoisotopic (exact) mass is 255 g/mol. The first-order chi connectivity index (χ1) is 8.00. The maximum Gasteiger partial charge on any atom is 0.255 e. The highest BCUT2D eigenvalue weighted by Gasteiger charge is 2.10. The maximum atomic E-state index is 11.7. The number of halogens is 1. The summed E-state index contributed by atoms with van der Waals surface area (Å²) in [6.07, 6.45) is 2.02. The highest BCUT2D eigenvalue weighted by atomic mass is 35.5. The second-order valence-corrected chi connectivity index (χ2v) is 4.89. The molecule has 1 rings (SSSR count). The van der Waals surface area contributed by atoms with Gasteiger partial charge in [-0.1, -0.05) is 25.4 Å². The molecule has 0 aliphatic rings. The van der Waals surface area contributed by atoms with Crippen LogP contribution in [0.5, 0.6) is 5.75 Å². The lowest BCUT2D eigenvalue weighted by molar-refractivity contribution is 0.0950. The van der Waals surface area contributed by atoms with E-state index in [1.807, 2.05) is 0 Å². The number of carbonyl (C=O) groups excluding carboxylic acids is 1. The van der Waals surface area contributed by atoms with Gasteiger partial charge in [-0.3, -0.25) is 4.79 Å². The Morgan fingerprint density at radius 2 is 2.18 bits per heavy atom. The molecule has 0 radical (unpaired) electrons. The summed E-state index contributed by atoms with van der Waals surface area (Å²) >= 11 is 5.69. The lowest BCUT2D eigenvalue weighted by Gasteiger charge is -2.08. The van der Waals surface area contributed by atoms with Crippen molar-refractivity contribution in [2.75, 3.05) is 6.54 Å². The normalized spacial score (nSPS) is 10.6. The summed E-state index contributed by atoms with van der Waals surface area (Å²) < 4.78 is 0. The third-order valence-corrected chi connectivity index (χ3v) is 2.68. The van der Waals surface area contributed by atoms with Gasteiger partial charge in [0, 0.05) is 11.6 Å². The molecule has 0 aliphatic carbocycles. The Morgan fingerprint density at radius 3 is 2.76 bits per heavy atom. The number of aromatic hydroxyl groups is 1. The first kappa shape index (κ1) is 13.8. The highest BCUT2D eigenvalue weighted by Crippen LogP contribution is 2.21. The molecular formula is C13H18ClNO2. The largest absolute Gasteiger partial charge is 0.507 e. The summed E-state index contributed by atoms with van der Waals surface area (Å²) in [6.45, 7) is 4.92. The molecule has 0 aromatic heterocycles. The summed E-state index contributed by atoms with van der Waals surface area (Å²) in [4.78, 5) is 11.7. The van der Waals surface area contributed by atoms with Crippen molar-refractivity contribution in [2.45, 2.75) is 26.7 Å². The Bertz CT molecular complexity index is 391. The van der Waals surface area contributed by atoms with Crippen molar-refractivity contribution < 1.29 is 9.90 Å². The lowest BCUT2D eigenvalue weighted by Crippen LogP contribution is -2.24. The summed E-state index contributed by atoms with van der Waals surface area (Å²) in [6, 6.07) is 4.48. The lowest BCUT2D eigenvalue weighted by atomic mass is 10.1. The number of carbonyl (C=O) groups is 1. The molecule has 4 heteroatoms. The van der Waals surface area contributed by atoms with Crippen LogP contribution in [0.4, 0.5) is 0 Å². The molecule has 1 aromatic carbocycles. The molecule has 2 N–H and O–H groups in total. The van der Waals surface area contributed by atoms with Gasteiger partial charge in [-0.2, -0.15) is 0 Å². The predicted molar refractivity (Wildman–Crippen MR) is 69.5 cm³/mol. The number of phenolic OH excluding ortho intramolecular Hbond substituents is 1. The molecule has 0 aliphatic heterocycles. The number of amides is 1. The predicted octanol–water partition coefficient (Wildman–Crippen LogP) is 3.21. The van der Waals surface area contributed by atoms with Crippen molar-refractivity contribution in [1.29, 1.82) is 0 Å². The summed E-state index contributed by atoms with van der Waals surface area (Å²) in [7, 11) is 0. The number of benzene rings is 1. The van der Waals surface area contributed by atoms with E-state index in [1.165, 1.54) is 12.1 Å². The van der Waals surface area contributed by atoms with Crippen LogP contribution in [-0.4, -0.2) is 17.6 Å². The fourth-order valence-corrected chi connectivity index (χ4v) is 1.67. The number of nitrogens with one attached hydrogen (secondary N) is 1. The van der Waals surface area contributed by atoms with Crippen LogP contribution in [0.2, 0.25) is 5.02 Å². The van der Waals surface area contributed by atoms with Gasteiger partial charge in [0.25, 0.3) is 5.91 Å². The zero-order chi connectivity index (χ0) is 12.8. The molecule has 0 unspecified atom stereocenters. The van der Waals surface area contributed by atoms with Crippen LogP contribution in [0, 0.1) is 5.92 Å². The molecule has 0 bridgehead atoms. The van der Waals surface area contributed by atoms with E-state index >= 15 is 0 Å². The number of phenols is 1. The average molecular weight is 256 g/mol. The first-order valence-electron chi connectivity index (χ1n) is 5.77. The Hall–Kier alpha value is -1.22. The minimum absolute atomic E-state index is 0.0844. The van der Waals surface area contributed by atoms with Gasteiger partial charge in [-0.15, -0.1) is 0 Å². The van der Waals surface area contributed by atoms with Gasteiger partial charge in [0.05, 0.1) is 5.56 Å². The zero-order valence-electron chi connectivity index (χ0n) is 10.2. The standard InChI is InChI=1S/C13H18ClNO2/c1-9(2)4-3-7-15-13(17)11-6-5-10(14)8-12(11)16/h5-6,8-9,16H,3-4,7H2,1-2H3,(H,15,17). The number of rotatable bonds is 5. The van der Waals surface area contributed by atoms with Crippen molar-refractivity contribution >= 4 is 17.5 Å². The van der Waals surface area contributed by atoms with Crippen LogP contribution in [0.25, 0.3) is 0 Å². The van der Waals surface area contributed by atoms with E-state index in [4.69, 9.17) is 11.6 Å². The van der Waals surface area contributed by atoms with Gasteiger partial charge in [0.2, 0.25) is 0 Å². The molecule has 1 amide bonds. The maximum absolute atomic E-state index is 11.7. The van der Waals surface area contributed by atoms with Crippen LogP contribution in [0.1, 0.15) is 37.0 Å². The Labute approximate surface area is 107 Å². The third-order valence-electron chi connectivity index (χ3n) is 2.45. The molecule has 1 aromatic rings. The van der Waals surface area contributed by atoms with E-state index in [0.717, 1.165) is 12.8 Å². The van der Waals surface area contributed by atoms with Crippen LogP contribution in [0.15, 0.2) is 18.2 Å². The molecule has 0 spiro atoms. The van der Waals surface area contributed by atoms with E-state index < -0.39 is 0 Å². The van der Waals surface area contributed by atoms with Crippen molar-refractivity contribution in [3.63, 3.8) is 0 Å².